The van der Waals surface area contributed by atoms with Crippen molar-refractivity contribution >= 4 is 11.7 Å². The van der Waals surface area contributed by atoms with Gasteiger partial charge in [0.1, 0.15) is 0 Å². The number of amides is 1. The molecule has 0 spiro atoms. The highest BCUT2D eigenvalue weighted by Gasteiger charge is 2.10. The molecular weight excluding hydrogens is 312 g/mol. The number of nitrogens with one attached hydrogen (secondary N) is 1. The Bertz CT molecular complexity index is 622. The second-order valence-corrected chi connectivity index (χ2v) is 6.11. The summed E-state index contributed by atoms with van der Waals surface area (Å²) in [6, 6.07) is 13.9. The van der Waals surface area contributed by atoms with E-state index in [-0.39, 0.29) is 5.91 Å². The molecule has 0 bridgehead atoms. The van der Waals surface area contributed by atoms with Crippen LogP contribution in [0.25, 0.3) is 0 Å². The number of anilines is 1. The van der Waals surface area contributed by atoms with Crippen molar-refractivity contribution in [1.82, 2.24) is 15.5 Å². The van der Waals surface area contributed by atoms with E-state index in [4.69, 9.17) is 0 Å². The molecule has 1 aromatic heterocycles. The van der Waals surface area contributed by atoms with E-state index >= 15 is 0 Å². The highest BCUT2D eigenvalue weighted by Crippen LogP contribution is 2.11. The summed E-state index contributed by atoms with van der Waals surface area (Å²) in [5.41, 5.74) is 1.66. The van der Waals surface area contributed by atoms with Gasteiger partial charge in [-0.05, 0) is 43.4 Å². The molecule has 5 heteroatoms. The first-order valence-electron chi connectivity index (χ1n) is 9.15. The van der Waals surface area contributed by atoms with Crippen molar-refractivity contribution in [2.24, 2.45) is 0 Å². The van der Waals surface area contributed by atoms with Crippen molar-refractivity contribution in [3.63, 3.8) is 0 Å². The molecule has 1 aromatic carbocycles. The Morgan fingerprint density at radius 1 is 1.00 bits per heavy atom. The predicted molar refractivity (Wildman–Crippen MR) is 102 cm³/mol. The van der Waals surface area contributed by atoms with Crippen molar-refractivity contribution in [3.05, 3.63) is 53.7 Å². The Labute approximate surface area is 150 Å². The van der Waals surface area contributed by atoms with Gasteiger partial charge in [-0.25, -0.2) is 0 Å². The lowest BCUT2D eigenvalue weighted by Gasteiger charge is -2.21. The van der Waals surface area contributed by atoms with Crippen LogP contribution < -0.4 is 10.2 Å². The Kier molecular flexibility index (Phi) is 7.89. The van der Waals surface area contributed by atoms with E-state index in [9.17, 15) is 4.79 Å². The third-order valence-electron chi connectivity index (χ3n) is 3.96. The number of aromatic nitrogens is 2. The van der Waals surface area contributed by atoms with Gasteiger partial charge in [0.05, 0.1) is 0 Å². The fourth-order valence-corrected chi connectivity index (χ4v) is 2.73. The molecule has 2 rings (SSSR count). The number of carbonyl (C=O) groups is 1. The van der Waals surface area contributed by atoms with E-state index in [0.717, 1.165) is 44.6 Å². The van der Waals surface area contributed by atoms with Gasteiger partial charge in [-0.1, -0.05) is 44.2 Å². The molecule has 0 radical (unpaired) electrons. The smallest absolute Gasteiger partial charge is 0.271 e. The number of hydrogen-bond donors (Lipinski definition) is 1. The van der Waals surface area contributed by atoms with Crippen molar-refractivity contribution in [2.45, 2.75) is 39.5 Å². The average Bonchev–Trinajstić information content (AvgIpc) is 2.66. The van der Waals surface area contributed by atoms with Crippen molar-refractivity contribution < 1.29 is 4.79 Å². The van der Waals surface area contributed by atoms with Crippen LogP contribution in [-0.4, -0.2) is 35.7 Å². The minimum atomic E-state index is -0.162. The van der Waals surface area contributed by atoms with E-state index in [1.807, 2.05) is 24.3 Å². The van der Waals surface area contributed by atoms with Gasteiger partial charge in [0.15, 0.2) is 11.5 Å². The van der Waals surface area contributed by atoms with Crippen molar-refractivity contribution in [2.75, 3.05) is 24.5 Å². The minimum Gasteiger partial charge on any atom is -0.355 e. The van der Waals surface area contributed by atoms with Gasteiger partial charge < -0.3 is 10.2 Å². The van der Waals surface area contributed by atoms with Crippen LogP contribution in [0.2, 0.25) is 0 Å². The molecule has 0 atom stereocenters. The van der Waals surface area contributed by atoms with Crippen LogP contribution in [-0.2, 0) is 6.42 Å². The molecule has 0 aliphatic heterocycles. The first kappa shape index (κ1) is 18.9. The standard InChI is InChI=1S/C20H28N4O/c1-3-15-24(16-4-2)19-13-12-18(22-23-19)20(25)21-14-8-11-17-9-6-5-7-10-17/h5-7,9-10,12-13H,3-4,8,11,14-16H2,1-2H3,(H,21,25). The minimum absolute atomic E-state index is 0.162. The summed E-state index contributed by atoms with van der Waals surface area (Å²) in [6.45, 7) is 6.83. The lowest BCUT2D eigenvalue weighted by atomic mass is 10.1. The average molecular weight is 340 g/mol. The summed E-state index contributed by atoms with van der Waals surface area (Å²) < 4.78 is 0. The molecular formula is C20H28N4O. The van der Waals surface area contributed by atoms with Crippen LogP contribution >= 0.6 is 0 Å². The maximum absolute atomic E-state index is 12.2. The molecule has 2 aromatic rings. The first-order chi connectivity index (χ1) is 12.2. The molecule has 0 aliphatic carbocycles. The molecule has 0 fully saturated rings. The maximum Gasteiger partial charge on any atom is 0.271 e. The molecule has 1 amide bonds. The van der Waals surface area contributed by atoms with Gasteiger partial charge in [-0.15, -0.1) is 10.2 Å². The fraction of sp³-hybridized carbons (Fsp3) is 0.450. The molecule has 0 saturated heterocycles. The van der Waals surface area contributed by atoms with Crippen LogP contribution in [0, 0.1) is 0 Å². The predicted octanol–water partition coefficient (Wildman–Crippen LogP) is 3.47. The number of carbonyl (C=O) groups excluding carboxylic acids is 1. The molecule has 0 unspecified atom stereocenters. The molecule has 5 nitrogen and oxygen atoms in total. The highest BCUT2D eigenvalue weighted by molar-refractivity contribution is 5.92. The van der Waals surface area contributed by atoms with Gasteiger partial charge >= 0.3 is 0 Å². The molecule has 0 aliphatic rings. The van der Waals surface area contributed by atoms with Crippen LogP contribution in [0.5, 0.6) is 0 Å². The molecule has 25 heavy (non-hydrogen) atoms. The van der Waals surface area contributed by atoms with Crippen molar-refractivity contribution in [3.8, 4) is 0 Å². The molecule has 0 saturated carbocycles. The summed E-state index contributed by atoms with van der Waals surface area (Å²) in [6.07, 6.45) is 3.98. The number of nitrogens with zero attached hydrogens (tertiary/aromatic N) is 3. The molecule has 134 valence electrons. The SMILES string of the molecule is CCCN(CCC)c1ccc(C(=O)NCCCc2ccccc2)nn1. The van der Waals surface area contributed by atoms with Gasteiger partial charge in [-0.2, -0.15) is 0 Å². The fourth-order valence-electron chi connectivity index (χ4n) is 2.73. The van der Waals surface area contributed by atoms with E-state index < -0.39 is 0 Å². The summed E-state index contributed by atoms with van der Waals surface area (Å²) in [4.78, 5) is 14.4. The first-order valence-corrected chi connectivity index (χ1v) is 9.15. The highest BCUT2D eigenvalue weighted by atomic mass is 16.1. The van der Waals surface area contributed by atoms with Crippen LogP contribution in [0.1, 0.15) is 49.2 Å². The monoisotopic (exact) mass is 340 g/mol. The second kappa shape index (κ2) is 10.4. The topological polar surface area (TPSA) is 58.1 Å². The van der Waals surface area contributed by atoms with E-state index in [2.05, 4.69) is 46.4 Å². The van der Waals surface area contributed by atoms with Crippen molar-refractivity contribution in [1.29, 1.82) is 0 Å². The molecule has 1 heterocycles. The number of rotatable bonds is 10. The summed E-state index contributed by atoms with van der Waals surface area (Å²) in [7, 11) is 0. The van der Waals surface area contributed by atoms with Gasteiger partial charge in [0.25, 0.3) is 5.91 Å². The number of aryl methyl sites for hydroxylation is 1. The Morgan fingerprint density at radius 3 is 2.32 bits per heavy atom. The van der Waals surface area contributed by atoms with Gasteiger partial charge in [0, 0.05) is 19.6 Å². The summed E-state index contributed by atoms with van der Waals surface area (Å²) in [5, 5.41) is 11.2. The Balaban J connectivity index is 1.81. The quantitative estimate of drug-likeness (QED) is 0.673. The van der Waals surface area contributed by atoms with E-state index in [0.29, 0.717) is 12.2 Å². The summed E-state index contributed by atoms with van der Waals surface area (Å²) >= 11 is 0. The summed E-state index contributed by atoms with van der Waals surface area (Å²) in [5.74, 6) is 0.675. The van der Waals surface area contributed by atoms with Gasteiger partial charge in [-0.3, -0.25) is 4.79 Å². The lowest BCUT2D eigenvalue weighted by Crippen LogP contribution is -2.28. The van der Waals surface area contributed by atoms with Crippen LogP contribution in [0.3, 0.4) is 0 Å². The third kappa shape index (κ3) is 6.18. The van der Waals surface area contributed by atoms with Crippen LogP contribution in [0.4, 0.5) is 5.82 Å². The Morgan fingerprint density at radius 2 is 1.72 bits per heavy atom. The van der Waals surface area contributed by atoms with Crippen LogP contribution in [0.15, 0.2) is 42.5 Å². The normalized spacial score (nSPS) is 10.5. The number of hydrogen-bond acceptors (Lipinski definition) is 4. The maximum atomic E-state index is 12.2. The Hall–Kier alpha value is -2.43. The zero-order valence-corrected chi connectivity index (χ0v) is 15.2. The van der Waals surface area contributed by atoms with E-state index in [1.165, 1.54) is 5.56 Å². The third-order valence-corrected chi connectivity index (χ3v) is 3.96. The second-order valence-electron chi connectivity index (χ2n) is 6.11. The zero-order chi connectivity index (χ0) is 17.9. The number of benzene rings is 1. The lowest BCUT2D eigenvalue weighted by molar-refractivity contribution is 0.0947. The van der Waals surface area contributed by atoms with E-state index in [1.54, 1.807) is 6.07 Å². The largest absolute Gasteiger partial charge is 0.355 e. The zero-order valence-electron chi connectivity index (χ0n) is 15.2. The van der Waals surface area contributed by atoms with Gasteiger partial charge in [0.2, 0.25) is 0 Å². The molecule has 1 N–H and O–H groups in total.